The number of nitrogens with one attached hydrogen (secondary N) is 1. The van der Waals surface area contributed by atoms with E-state index < -0.39 is 0 Å². The number of aromatic nitrogens is 3. The molecule has 170 valence electrons. The van der Waals surface area contributed by atoms with Gasteiger partial charge in [-0.15, -0.1) is 10.2 Å². The summed E-state index contributed by atoms with van der Waals surface area (Å²) in [4.78, 5) is 15.0. The highest BCUT2D eigenvalue weighted by atomic mass is 16.3. The van der Waals surface area contributed by atoms with Crippen LogP contribution < -0.4 is 5.32 Å². The Bertz CT molecular complexity index is 1050. The van der Waals surface area contributed by atoms with Crippen molar-refractivity contribution in [1.29, 1.82) is 0 Å². The SMILES string of the molecule is Cc1occc1C(=O)N[C@H](C)c1nnc2n1CCN(Cc1ccc(CC(C)C)cc1)CC2. The molecule has 4 rings (SSSR count). The second-order valence-electron chi connectivity index (χ2n) is 9.15. The molecule has 0 saturated carbocycles. The molecule has 1 amide bonds. The number of hydrogen-bond donors (Lipinski definition) is 1. The normalized spacial score (nSPS) is 15.4. The van der Waals surface area contributed by atoms with Crippen molar-refractivity contribution in [3.8, 4) is 0 Å². The summed E-state index contributed by atoms with van der Waals surface area (Å²) in [7, 11) is 0. The first kappa shape index (κ1) is 22.3. The van der Waals surface area contributed by atoms with E-state index >= 15 is 0 Å². The van der Waals surface area contributed by atoms with Crippen LogP contribution in [0.5, 0.6) is 0 Å². The highest BCUT2D eigenvalue weighted by molar-refractivity contribution is 5.95. The smallest absolute Gasteiger partial charge is 0.255 e. The zero-order valence-electron chi connectivity index (χ0n) is 19.5. The minimum absolute atomic E-state index is 0.155. The van der Waals surface area contributed by atoms with Crippen molar-refractivity contribution >= 4 is 5.91 Å². The number of furan rings is 1. The van der Waals surface area contributed by atoms with Crippen LogP contribution in [0.25, 0.3) is 0 Å². The van der Waals surface area contributed by atoms with E-state index in [2.05, 4.69) is 63.1 Å². The third-order valence-corrected chi connectivity index (χ3v) is 6.06. The predicted octanol–water partition coefficient (Wildman–Crippen LogP) is 3.93. The lowest BCUT2D eigenvalue weighted by Crippen LogP contribution is -2.30. The summed E-state index contributed by atoms with van der Waals surface area (Å²) in [6.45, 7) is 11.9. The van der Waals surface area contributed by atoms with E-state index in [0.29, 0.717) is 17.2 Å². The number of carbonyl (C=O) groups is 1. The quantitative estimate of drug-likeness (QED) is 0.609. The molecule has 1 aliphatic heterocycles. The maximum atomic E-state index is 12.6. The average Bonchev–Trinajstić information content (AvgIpc) is 3.32. The van der Waals surface area contributed by atoms with Crippen LogP contribution in [0.4, 0.5) is 0 Å². The Kier molecular flexibility index (Phi) is 6.74. The van der Waals surface area contributed by atoms with Gasteiger partial charge in [0.05, 0.1) is 17.9 Å². The third kappa shape index (κ3) is 5.10. The van der Waals surface area contributed by atoms with E-state index in [1.807, 2.05) is 6.92 Å². The average molecular weight is 436 g/mol. The summed E-state index contributed by atoms with van der Waals surface area (Å²) >= 11 is 0. The fraction of sp³-hybridized carbons (Fsp3) is 0.480. The first-order valence-corrected chi connectivity index (χ1v) is 11.5. The molecule has 1 N–H and O–H groups in total. The molecule has 1 aromatic carbocycles. The number of fused-ring (bicyclic) bond motifs is 1. The minimum Gasteiger partial charge on any atom is -0.469 e. The van der Waals surface area contributed by atoms with E-state index in [1.54, 1.807) is 13.0 Å². The molecular formula is C25H33N5O2. The zero-order valence-corrected chi connectivity index (χ0v) is 19.5. The Morgan fingerprint density at radius 3 is 2.50 bits per heavy atom. The fourth-order valence-electron chi connectivity index (χ4n) is 4.34. The molecule has 2 aromatic heterocycles. The van der Waals surface area contributed by atoms with E-state index in [0.717, 1.165) is 50.7 Å². The second-order valence-corrected chi connectivity index (χ2v) is 9.15. The Balaban J connectivity index is 1.37. The highest BCUT2D eigenvalue weighted by Gasteiger charge is 2.24. The standard InChI is InChI=1S/C25H33N5O2/c1-17(2)15-20-5-7-21(8-6-20)16-29-11-9-23-27-28-24(30(23)13-12-29)18(3)26-25(31)22-10-14-32-19(22)4/h5-8,10,14,17-18H,9,11-13,15-16H2,1-4H3,(H,26,31)/t18-/m1/s1. The van der Waals surface area contributed by atoms with Gasteiger partial charge in [0, 0.05) is 32.6 Å². The van der Waals surface area contributed by atoms with Gasteiger partial charge < -0.3 is 14.3 Å². The van der Waals surface area contributed by atoms with Crippen molar-refractivity contribution in [2.24, 2.45) is 5.92 Å². The van der Waals surface area contributed by atoms with Crippen molar-refractivity contribution in [3.05, 3.63) is 70.7 Å². The monoisotopic (exact) mass is 435 g/mol. The molecule has 0 saturated heterocycles. The molecule has 0 unspecified atom stereocenters. The largest absolute Gasteiger partial charge is 0.469 e. The number of hydrogen-bond acceptors (Lipinski definition) is 5. The van der Waals surface area contributed by atoms with E-state index in [-0.39, 0.29) is 11.9 Å². The number of amides is 1. The molecule has 0 spiro atoms. The molecule has 0 aliphatic carbocycles. The fourth-order valence-corrected chi connectivity index (χ4v) is 4.34. The topological polar surface area (TPSA) is 76.2 Å². The summed E-state index contributed by atoms with van der Waals surface area (Å²) in [5.41, 5.74) is 3.29. The molecule has 7 heteroatoms. The minimum atomic E-state index is -0.238. The first-order chi connectivity index (χ1) is 15.4. The molecule has 1 atom stereocenters. The number of benzene rings is 1. The molecular weight excluding hydrogens is 402 g/mol. The Morgan fingerprint density at radius 1 is 1.06 bits per heavy atom. The molecule has 3 heterocycles. The van der Waals surface area contributed by atoms with Crippen LogP contribution >= 0.6 is 0 Å². The Labute approximate surface area is 189 Å². The van der Waals surface area contributed by atoms with Crippen molar-refractivity contribution in [1.82, 2.24) is 25.0 Å². The van der Waals surface area contributed by atoms with Crippen LogP contribution in [-0.4, -0.2) is 38.7 Å². The molecule has 0 fully saturated rings. The predicted molar refractivity (Wildman–Crippen MR) is 123 cm³/mol. The van der Waals surface area contributed by atoms with Crippen molar-refractivity contribution in [2.75, 3.05) is 13.1 Å². The number of aryl methyl sites for hydroxylation is 1. The zero-order chi connectivity index (χ0) is 22.7. The van der Waals surface area contributed by atoms with Crippen LogP contribution in [0.15, 0.2) is 41.0 Å². The lowest BCUT2D eigenvalue weighted by Gasteiger charge is -2.20. The van der Waals surface area contributed by atoms with Crippen LogP contribution in [0, 0.1) is 12.8 Å². The Morgan fingerprint density at radius 2 is 1.81 bits per heavy atom. The third-order valence-electron chi connectivity index (χ3n) is 6.06. The molecule has 7 nitrogen and oxygen atoms in total. The van der Waals surface area contributed by atoms with Gasteiger partial charge in [-0.3, -0.25) is 9.69 Å². The van der Waals surface area contributed by atoms with E-state index in [4.69, 9.17) is 4.42 Å². The number of nitrogens with zero attached hydrogens (tertiary/aromatic N) is 4. The summed E-state index contributed by atoms with van der Waals surface area (Å²) in [5.74, 6) is 2.91. The number of rotatable bonds is 7. The van der Waals surface area contributed by atoms with Gasteiger partial charge in [-0.1, -0.05) is 38.1 Å². The lowest BCUT2D eigenvalue weighted by atomic mass is 10.0. The van der Waals surface area contributed by atoms with Gasteiger partial charge in [0.1, 0.15) is 11.6 Å². The summed E-state index contributed by atoms with van der Waals surface area (Å²) in [6.07, 6.45) is 3.50. The van der Waals surface area contributed by atoms with Gasteiger partial charge in [0.15, 0.2) is 5.82 Å². The summed E-state index contributed by atoms with van der Waals surface area (Å²) in [6, 6.07) is 10.5. The van der Waals surface area contributed by atoms with Crippen molar-refractivity contribution < 1.29 is 9.21 Å². The molecule has 1 aliphatic rings. The molecule has 3 aromatic rings. The first-order valence-electron chi connectivity index (χ1n) is 11.5. The maximum absolute atomic E-state index is 12.6. The van der Waals surface area contributed by atoms with Crippen LogP contribution in [0.3, 0.4) is 0 Å². The van der Waals surface area contributed by atoms with E-state index in [9.17, 15) is 4.79 Å². The van der Waals surface area contributed by atoms with Crippen LogP contribution in [0.2, 0.25) is 0 Å². The van der Waals surface area contributed by atoms with Crippen molar-refractivity contribution in [2.45, 2.75) is 59.7 Å². The van der Waals surface area contributed by atoms with Gasteiger partial charge >= 0.3 is 0 Å². The number of carbonyl (C=O) groups excluding carboxylic acids is 1. The van der Waals surface area contributed by atoms with Gasteiger partial charge in [-0.05, 0) is 43.4 Å². The van der Waals surface area contributed by atoms with Crippen LogP contribution in [0.1, 0.15) is 65.7 Å². The molecule has 0 radical (unpaired) electrons. The molecule has 0 bridgehead atoms. The lowest BCUT2D eigenvalue weighted by molar-refractivity contribution is 0.0936. The van der Waals surface area contributed by atoms with Crippen LogP contribution in [-0.2, 0) is 25.9 Å². The second kappa shape index (κ2) is 9.69. The summed E-state index contributed by atoms with van der Waals surface area (Å²) in [5, 5.41) is 11.8. The van der Waals surface area contributed by atoms with Crippen molar-refractivity contribution in [3.63, 3.8) is 0 Å². The van der Waals surface area contributed by atoms with Gasteiger partial charge in [-0.2, -0.15) is 0 Å². The summed E-state index contributed by atoms with van der Waals surface area (Å²) < 4.78 is 7.41. The van der Waals surface area contributed by atoms with E-state index in [1.165, 1.54) is 17.4 Å². The van der Waals surface area contributed by atoms with Gasteiger partial charge in [0.2, 0.25) is 0 Å². The Hall–Kier alpha value is -2.93. The highest BCUT2D eigenvalue weighted by Crippen LogP contribution is 2.19. The molecule has 32 heavy (non-hydrogen) atoms. The van der Waals surface area contributed by atoms with Gasteiger partial charge in [0.25, 0.3) is 5.91 Å². The maximum Gasteiger partial charge on any atom is 0.255 e. The van der Waals surface area contributed by atoms with Gasteiger partial charge in [-0.25, -0.2) is 0 Å².